The van der Waals surface area contributed by atoms with Crippen LogP contribution in [0.15, 0.2) is 24.8 Å². The Kier molecular flexibility index (Phi) is 4.59. The zero-order valence-corrected chi connectivity index (χ0v) is 10.5. The second kappa shape index (κ2) is 6.42. The summed E-state index contributed by atoms with van der Waals surface area (Å²) < 4.78 is 3.36. The van der Waals surface area contributed by atoms with E-state index >= 15 is 0 Å². The monoisotopic (exact) mass is 238 g/mol. The molecule has 17 heavy (non-hydrogen) atoms. The number of hydrogen-bond acceptors (Lipinski definition) is 2. The Bertz CT molecular complexity index is 321. The fourth-order valence-corrected chi connectivity index (χ4v) is 2.37. The highest BCUT2D eigenvalue weighted by atomic mass is 16.7. The predicted molar refractivity (Wildman–Crippen MR) is 62.0 cm³/mol. The summed E-state index contributed by atoms with van der Waals surface area (Å²) in [6.45, 7) is 0.798. The van der Waals surface area contributed by atoms with Crippen LogP contribution in [0.4, 0.5) is 0 Å². The molecule has 1 fully saturated rings. The summed E-state index contributed by atoms with van der Waals surface area (Å²) in [6.07, 6.45) is 15.5. The molecule has 0 amide bonds. The molecule has 4 nitrogen and oxygen atoms in total. The van der Waals surface area contributed by atoms with Gasteiger partial charge in [0, 0.05) is 9.46 Å². The van der Waals surface area contributed by atoms with Crippen LogP contribution in [0.5, 0.6) is 0 Å². The first-order chi connectivity index (χ1) is 8.38. The van der Waals surface area contributed by atoms with Crippen LogP contribution in [-0.4, -0.2) is 13.7 Å². The Morgan fingerprint density at radius 3 is 2.29 bits per heavy atom. The number of aromatic nitrogens is 2. The van der Waals surface area contributed by atoms with E-state index in [2.05, 4.69) is 0 Å². The minimum Gasteiger partial charge on any atom is -0.274 e. The zero-order valence-electron chi connectivity index (χ0n) is 10.5. The van der Waals surface area contributed by atoms with Gasteiger partial charge in [0.1, 0.15) is 7.11 Å². The number of nitrogens with zero attached hydrogens (tertiary/aromatic N) is 2. The lowest BCUT2D eigenvalue weighted by Gasteiger charge is -2.20. The van der Waals surface area contributed by atoms with Gasteiger partial charge in [-0.3, -0.25) is 9.68 Å². The van der Waals surface area contributed by atoms with Crippen molar-refractivity contribution in [2.45, 2.75) is 38.5 Å². The molecule has 0 radical (unpaired) electrons. The van der Waals surface area contributed by atoms with Gasteiger partial charge in [-0.1, -0.05) is 32.1 Å². The molecule has 1 saturated carbocycles. The van der Waals surface area contributed by atoms with E-state index in [9.17, 15) is 0 Å². The Morgan fingerprint density at radius 1 is 1.00 bits per heavy atom. The fourth-order valence-electron chi connectivity index (χ4n) is 2.37. The smallest absolute Gasteiger partial charge is 0.274 e. The molecule has 4 heteroatoms. The third-order valence-electron chi connectivity index (χ3n) is 3.42. The van der Waals surface area contributed by atoms with E-state index in [-0.39, 0.29) is 0 Å². The first kappa shape index (κ1) is 12.1. The molecule has 1 heterocycles. The summed E-state index contributed by atoms with van der Waals surface area (Å²) >= 11 is 0. The highest BCUT2D eigenvalue weighted by Crippen LogP contribution is 2.25. The van der Waals surface area contributed by atoms with Crippen LogP contribution in [0.25, 0.3) is 0 Å². The van der Waals surface area contributed by atoms with E-state index in [0.29, 0.717) is 0 Å². The lowest BCUT2D eigenvalue weighted by atomic mass is 9.87. The van der Waals surface area contributed by atoms with Crippen molar-refractivity contribution in [2.75, 3.05) is 13.7 Å². The number of hydrogen-bond donors (Lipinski definition) is 0. The molecule has 0 atom stereocenters. The van der Waals surface area contributed by atoms with Crippen LogP contribution in [0.1, 0.15) is 38.5 Å². The van der Waals surface area contributed by atoms with Crippen molar-refractivity contribution >= 4 is 0 Å². The van der Waals surface area contributed by atoms with Gasteiger partial charge in [0.15, 0.2) is 6.61 Å². The molecule has 2 rings (SSSR count). The van der Waals surface area contributed by atoms with Crippen LogP contribution in [0.2, 0.25) is 0 Å². The standard InChI is InChI=1S/C13H22N2O2/c1-16-14-8-10-15(11-9-14)17-12-7-13-5-3-2-4-6-13/h8-11,13H,2-7,12H2,1H3/q+2. The van der Waals surface area contributed by atoms with Gasteiger partial charge >= 0.3 is 0 Å². The predicted octanol–water partition coefficient (Wildman–Crippen LogP) is 0.719. The quantitative estimate of drug-likeness (QED) is 0.707. The van der Waals surface area contributed by atoms with Gasteiger partial charge < -0.3 is 0 Å². The van der Waals surface area contributed by atoms with Crippen molar-refractivity contribution in [3.63, 3.8) is 0 Å². The molecule has 0 unspecified atom stereocenters. The first-order valence-electron chi connectivity index (χ1n) is 6.49. The highest BCUT2D eigenvalue weighted by Gasteiger charge is 2.14. The van der Waals surface area contributed by atoms with Crippen molar-refractivity contribution in [3.05, 3.63) is 24.8 Å². The van der Waals surface area contributed by atoms with Gasteiger partial charge in [-0.15, -0.1) is 0 Å². The summed E-state index contributed by atoms with van der Waals surface area (Å²) in [5.41, 5.74) is 0. The van der Waals surface area contributed by atoms with Gasteiger partial charge in [-0.2, -0.15) is 0 Å². The second-order valence-corrected chi connectivity index (χ2v) is 4.62. The van der Waals surface area contributed by atoms with E-state index in [4.69, 9.17) is 9.68 Å². The van der Waals surface area contributed by atoms with Gasteiger partial charge in [0.2, 0.25) is 0 Å². The SMILES string of the molecule is CO[n+]1cc[n+](OCCC2CCCCC2)cc1. The molecule has 1 aromatic heterocycles. The maximum Gasteiger partial charge on any atom is 0.290 e. The summed E-state index contributed by atoms with van der Waals surface area (Å²) in [5.74, 6) is 0.872. The topological polar surface area (TPSA) is 26.2 Å². The maximum absolute atomic E-state index is 5.66. The van der Waals surface area contributed by atoms with Gasteiger partial charge in [-0.05, 0) is 12.3 Å². The van der Waals surface area contributed by atoms with Crippen molar-refractivity contribution < 1.29 is 19.1 Å². The van der Waals surface area contributed by atoms with Crippen LogP contribution < -0.4 is 19.1 Å². The van der Waals surface area contributed by atoms with Gasteiger partial charge in [-0.25, -0.2) is 0 Å². The second-order valence-electron chi connectivity index (χ2n) is 4.62. The Morgan fingerprint density at radius 2 is 1.65 bits per heavy atom. The maximum atomic E-state index is 5.66. The van der Waals surface area contributed by atoms with Crippen LogP contribution >= 0.6 is 0 Å². The first-order valence-corrected chi connectivity index (χ1v) is 6.49. The molecule has 0 aliphatic heterocycles. The molecule has 1 aliphatic carbocycles. The normalized spacial score (nSPS) is 16.8. The molecule has 0 bridgehead atoms. The van der Waals surface area contributed by atoms with Crippen LogP contribution in [0, 0.1) is 5.92 Å². The third-order valence-corrected chi connectivity index (χ3v) is 3.42. The molecule has 0 spiro atoms. The van der Waals surface area contributed by atoms with Crippen molar-refractivity contribution in [1.29, 1.82) is 0 Å². The minimum absolute atomic E-state index is 0.798. The minimum atomic E-state index is 0.798. The summed E-state index contributed by atoms with van der Waals surface area (Å²) in [5, 5.41) is 0. The highest BCUT2D eigenvalue weighted by molar-refractivity contribution is 4.64. The van der Waals surface area contributed by atoms with Crippen molar-refractivity contribution in [3.8, 4) is 0 Å². The number of rotatable bonds is 5. The molecule has 94 valence electrons. The van der Waals surface area contributed by atoms with E-state index < -0.39 is 0 Å². The van der Waals surface area contributed by atoms with Crippen LogP contribution in [-0.2, 0) is 0 Å². The van der Waals surface area contributed by atoms with E-state index in [1.807, 2.05) is 24.8 Å². The average Bonchev–Trinajstić information content (AvgIpc) is 2.41. The van der Waals surface area contributed by atoms with Gasteiger partial charge in [0.05, 0.1) is 0 Å². The van der Waals surface area contributed by atoms with Crippen LogP contribution in [0.3, 0.4) is 0 Å². The van der Waals surface area contributed by atoms with Crippen molar-refractivity contribution in [2.24, 2.45) is 5.92 Å². The molecular formula is C13H22N2O2+2. The summed E-state index contributed by atoms with van der Waals surface area (Å²) in [6, 6.07) is 0. The summed E-state index contributed by atoms with van der Waals surface area (Å²) in [7, 11) is 1.63. The molecule has 0 N–H and O–H groups in total. The molecule has 1 aromatic rings. The third kappa shape index (κ3) is 3.88. The molecule has 1 aliphatic rings. The molecular weight excluding hydrogens is 216 g/mol. The average molecular weight is 238 g/mol. The van der Waals surface area contributed by atoms with E-state index in [1.54, 1.807) is 16.6 Å². The van der Waals surface area contributed by atoms with E-state index in [0.717, 1.165) is 12.5 Å². The fraction of sp³-hybridized carbons (Fsp3) is 0.692. The Labute approximate surface area is 103 Å². The largest absolute Gasteiger partial charge is 0.290 e. The van der Waals surface area contributed by atoms with E-state index in [1.165, 1.54) is 38.5 Å². The van der Waals surface area contributed by atoms with Gasteiger partial charge in [0.25, 0.3) is 24.8 Å². The Balaban J connectivity index is 1.69. The zero-order chi connectivity index (χ0) is 11.9. The lowest BCUT2D eigenvalue weighted by molar-refractivity contribution is -0.931. The molecule has 0 aromatic carbocycles. The lowest BCUT2D eigenvalue weighted by Crippen LogP contribution is -2.49. The van der Waals surface area contributed by atoms with Crippen molar-refractivity contribution in [1.82, 2.24) is 0 Å². The molecule has 0 saturated heterocycles. The summed E-state index contributed by atoms with van der Waals surface area (Å²) in [4.78, 5) is 10.7. The Hall–Kier alpha value is -1.32.